The number of nitrogens with one attached hydrogen (secondary N) is 1. The fourth-order valence-corrected chi connectivity index (χ4v) is 4.01. The summed E-state index contributed by atoms with van der Waals surface area (Å²) in [5.41, 5.74) is 0. The molecule has 2 aromatic heterocycles. The largest absolute Gasteiger partial charge is 0.377 e. The molecule has 2 aromatic rings. The summed E-state index contributed by atoms with van der Waals surface area (Å²) < 4.78 is 40.8. The van der Waals surface area contributed by atoms with Crippen molar-refractivity contribution in [2.45, 2.75) is 57.6 Å². The van der Waals surface area contributed by atoms with Gasteiger partial charge in [0.15, 0.2) is 11.6 Å². The third-order valence-electron chi connectivity index (χ3n) is 4.38. The average molecular weight is 447 g/mol. The highest BCUT2D eigenvalue weighted by molar-refractivity contribution is 7.93. The van der Waals surface area contributed by atoms with E-state index < -0.39 is 21.4 Å². The molecule has 0 saturated heterocycles. The van der Waals surface area contributed by atoms with E-state index in [0.29, 0.717) is 17.4 Å². The van der Waals surface area contributed by atoms with E-state index in [2.05, 4.69) is 31.8 Å². The van der Waals surface area contributed by atoms with Gasteiger partial charge in [-0.25, -0.2) is 18.4 Å². The van der Waals surface area contributed by atoms with Crippen molar-refractivity contribution in [2.75, 3.05) is 18.9 Å². The Hall–Kier alpha value is -1.82. The van der Waals surface area contributed by atoms with Crippen molar-refractivity contribution < 1.29 is 17.9 Å². The molecule has 29 heavy (non-hydrogen) atoms. The van der Waals surface area contributed by atoms with Crippen LogP contribution in [0.1, 0.15) is 50.9 Å². The van der Waals surface area contributed by atoms with Crippen LogP contribution >= 0.6 is 11.6 Å². The van der Waals surface area contributed by atoms with E-state index in [1.807, 2.05) is 0 Å². The van der Waals surface area contributed by atoms with Gasteiger partial charge in [0.2, 0.25) is 16.0 Å². The van der Waals surface area contributed by atoms with Crippen molar-refractivity contribution in [3.63, 3.8) is 0 Å². The first kappa shape index (κ1) is 23.5. The maximum Gasteiger partial charge on any atom is 0.240 e. The van der Waals surface area contributed by atoms with Gasteiger partial charge in [0.05, 0.1) is 5.02 Å². The lowest BCUT2D eigenvalue weighted by atomic mass is 10.2. The quantitative estimate of drug-likeness (QED) is 0.493. The van der Waals surface area contributed by atoms with Gasteiger partial charge in [0, 0.05) is 33.2 Å². The van der Waals surface area contributed by atoms with E-state index in [1.54, 1.807) is 11.7 Å². The topological polar surface area (TPSA) is 121 Å². The van der Waals surface area contributed by atoms with Crippen molar-refractivity contribution in [3.05, 3.63) is 29.1 Å². The molecule has 0 fully saturated rings. The van der Waals surface area contributed by atoms with E-state index in [-0.39, 0.29) is 18.4 Å². The fraction of sp³-hybridized carbons (Fsp3) is 0.647. The van der Waals surface area contributed by atoms with Gasteiger partial charge < -0.3 is 9.47 Å². The summed E-state index contributed by atoms with van der Waals surface area (Å²) in [5.74, 6) is 0.921. The highest BCUT2D eigenvalue weighted by Gasteiger charge is 2.34. The van der Waals surface area contributed by atoms with Gasteiger partial charge in [0.1, 0.15) is 18.0 Å². The number of rotatable bonds is 12. The number of unbranched alkanes of at least 4 members (excludes halogenated alkanes) is 2. The van der Waals surface area contributed by atoms with Crippen LogP contribution in [0.25, 0.3) is 0 Å². The van der Waals surface area contributed by atoms with Crippen LogP contribution < -0.4 is 4.72 Å². The van der Waals surface area contributed by atoms with Crippen LogP contribution in [0, 0.1) is 0 Å². The summed E-state index contributed by atoms with van der Waals surface area (Å²) in [6.07, 6.45) is 4.81. The zero-order valence-electron chi connectivity index (χ0n) is 17.0. The predicted octanol–water partition coefficient (Wildman–Crippen LogP) is 2.58. The standard InChI is InChI=1S/C17H27ClN6O4S/c1-5-6-7-8-24-14(11-27-3)21-22-17(24)23-29(25,26)12(2)15(28-4)16-19-9-13(18)10-20-16/h9-10,12,15H,5-8,11H2,1-4H3,(H,22,23)/t12-,15-/m0/s1. The van der Waals surface area contributed by atoms with Gasteiger partial charge in [-0.2, -0.15) is 0 Å². The number of ether oxygens (including phenoxy) is 2. The Morgan fingerprint density at radius 1 is 1.21 bits per heavy atom. The molecule has 0 radical (unpaired) electrons. The Kier molecular flexibility index (Phi) is 8.75. The number of hydrogen-bond donors (Lipinski definition) is 1. The predicted molar refractivity (Wildman–Crippen MR) is 109 cm³/mol. The summed E-state index contributed by atoms with van der Waals surface area (Å²) >= 11 is 5.81. The van der Waals surface area contributed by atoms with Crippen LogP contribution in [0.15, 0.2) is 12.4 Å². The van der Waals surface area contributed by atoms with E-state index in [4.69, 9.17) is 21.1 Å². The van der Waals surface area contributed by atoms with Crippen LogP contribution in [-0.2, 0) is 32.6 Å². The molecule has 2 rings (SSSR count). The van der Waals surface area contributed by atoms with Crippen LogP contribution in [0.4, 0.5) is 5.95 Å². The Morgan fingerprint density at radius 3 is 2.48 bits per heavy atom. The lowest BCUT2D eigenvalue weighted by Crippen LogP contribution is -2.33. The monoisotopic (exact) mass is 446 g/mol. The molecule has 0 aliphatic carbocycles. The normalized spacial score (nSPS) is 14.0. The Balaban J connectivity index is 2.25. The van der Waals surface area contributed by atoms with E-state index >= 15 is 0 Å². The molecule has 0 aromatic carbocycles. The van der Waals surface area contributed by atoms with Crippen molar-refractivity contribution in [3.8, 4) is 0 Å². The zero-order chi connectivity index (χ0) is 21.4. The Bertz CT molecular complexity index is 875. The first-order valence-electron chi connectivity index (χ1n) is 9.26. The second-order valence-electron chi connectivity index (χ2n) is 6.50. The average Bonchev–Trinajstić information content (AvgIpc) is 3.05. The van der Waals surface area contributed by atoms with Crippen molar-refractivity contribution in [1.29, 1.82) is 0 Å². The molecular formula is C17H27ClN6O4S. The highest BCUT2D eigenvalue weighted by atomic mass is 35.5. The number of methoxy groups -OCH3 is 2. The van der Waals surface area contributed by atoms with Gasteiger partial charge in [-0.1, -0.05) is 31.4 Å². The van der Waals surface area contributed by atoms with E-state index in [0.717, 1.165) is 19.3 Å². The molecule has 0 unspecified atom stereocenters. The maximum absolute atomic E-state index is 13.0. The second kappa shape index (κ2) is 10.8. The molecule has 1 N–H and O–H groups in total. The summed E-state index contributed by atoms with van der Waals surface area (Å²) in [4.78, 5) is 8.15. The van der Waals surface area contributed by atoms with Crippen molar-refractivity contribution >= 4 is 27.6 Å². The lowest BCUT2D eigenvalue weighted by molar-refractivity contribution is 0.0950. The Morgan fingerprint density at radius 2 is 1.90 bits per heavy atom. The van der Waals surface area contributed by atoms with Gasteiger partial charge in [0.25, 0.3) is 0 Å². The molecule has 10 nitrogen and oxygen atoms in total. The minimum atomic E-state index is -3.89. The zero-order valence-corrected chi connectivity index (χ0v) is 18.6. The van der Waals surface area contributed by atoms with Crippen molar-refractivity contribution in [2.24, 2.45) is 0 Å². The Labute approximate surface area is 176 Å². The van der Waals surface area contributed by atoms with E-state index in [9.17, 15) is 8.42 Å². The summed E-state index contributed by atoms with van der Waals surface area (Å²) in [6.45, 7) is 4.43. The molecule has 2 heterocycles. The summed E-state index contributed by atoms with van der Waals surface area (Å²) in [5, 5.41) is 7.41. The molecule has 162 valence electrons. The summed E-state index contributed by atoms with van der Waals surface area (Å²) in [6, 6.07) is 0. The molecule has 2 atom stereocenters. The third-order valence-corrected chi connectivity index (χ3v) is 6.27. The minimum absolute atomic E-state index is 0.145. The smallest absolute Gasteiger partial charge is 0.240 e. The van der Waals surface area contributed by atoms with Crippen LogP contribution in [0.3, 0.4) is 0 Å². The van der Waals surface area contributed by atoms with Gasteiger partial charge in [-0.3, -0.25) is 9.29 Å². The SMILES string of the molecule is CCCCCn1c(COC)nnc1NS(=O)(=O)[C@@H](C)[C@H](OC)c1ncc(Cl)cn1. The molecule has 0 bridgehead atoms. The molecule has 12 heteroatoms. The molecule has 0 spiro atoms. The highest BCUT2D eigenvalue weighted by Crippen LogP contribution is 2.25. The van der Waals surface area contributed by atoms with Gasteiger partial charge >= 0.3 is 0 Å². The van der Waals surface area contributed by atoms with Crippen molar-refractivity contribution in [1.82, 2.24) is 24.7 Å². The molecule has 0 aliphatic heterocycles. The summed E-state index contributed by atoms with van der Waals surface area (Å²) in [7, 11) is -0.940. The van der Waals surface area contributed by atoms with Gasteiger partial charge in [-0.05, 0) is 13.3 Å². The lowest BCUT2D eigenvalue weighted by Gasteiger charge is -2.22. The molecule has 0 aliphatic rings. The van der Waals surface area contributed by atoms with Gasteiger partial charge in [-0.15, -0.1) is 10.2 Å². The first-order chi connectivity index (χ1) is 13.8. The fourth-order valence-electron chi connectivity index (χ4n) is 2.76. The first-order valence-corrected chi connectivity index (χ1v) is 11.2. The third kappa shape index (κ3) is 6.08. The second-order valence-corrected chi connectivity index (χ2v) is 8.97. The molecule has 0 saturated carbocycles. The van der Waals surface area contributed by atoms with E-state index in [1.165, 1.54) is 26.4 Å². The van der Waals surface area contributed by atoms with Crippen LogP contribution in [0.5, 0.6) is 0 Å². The molecule has 0 amide bonds. The minimum Gasteiger partial charge on any atom is -0.377 e. The number of sulfonamides is 1. The number of hydrogen-bond acceptors (Lipinski definition) is 8. The number of halogens is 1. The molecular weight excluding hydrogens is 420 g/mol. The number of nitrogens with zero attached hydrogens (tertiary/aromatic N) is 5. The van der Waals surface area contributed by atoms with Crippen LogP contribution in [-0.4, -0.2) is 52.6 Å². The number of aromatic nitrogens is 5. The van der Waals surface area contributed by atoms with Crippen LogP contribution in [0.2, 0.25) is 5.02 Å². The number of anilines is 1. The maximum atomic E-state index is 13.0.